The Labute approximate surface area is 119 Å². The molecule has 0 unspecified atom stereocenters. The summed E-state index contributed by atoms with van der Waals surface area (Å²) in [5.74, 6) is 0.113. The molecule has 19 heavy (non-hydrogen) atoms. The highest BCUT2D eigenvalue weighted by Crippen LogP contribution is 2.42. The number of hydrogen-bond acceptors (Lipinski definition) is 1. The number of alkyl halides is 2. The van der Waals surface area contributed by atoms with E-state index in [4.69, 9.17) is 27.9 Å². The smallest absolute Gasteiger partial charge is 0.267 e. The summed E-state index contributed by atoms with van der Waals surface area (Å²) in [5, 5.41) is 0.678. The molecular formula is C14H10Cl2F2O. The van der Waals surface area contributed by atoms with Crippen LogP contribution >= 0.6 is 23.2 Å². The Morgan fingerprint density at radius 2 is 1.63 bits per heavy atom. The van der Waals surface area contributed by atoms with E-state index in [1.807, 2.05) is 0 Å². The minimum Gasteiger partial charge on any atom is -0.496 e. The molecule has 0 aliphatic heterocycles. The molecule has 1 nitrogen and oxygen atoms in total. The molecule has 2 aromatic rings. The first kappa shape index (κ1) is 14.1. The Bertz CT molecular complexity index is 600. The van der Waals surface area contributed by atoms with Gasteiger partial charge in [0, 0.05) is 11.1 Å². The Kier molecular flexibility index (Phi) is 4.27. The molecule has 0 amide bonds. The van der Waals surface area contributed by atoms with E-state index >= 15 is 0 Å². The van der Waals surface area contributed by atoms with E-state index in [1.165, 1.54) is 19.2 Å². The minimum atomic E-state index is -2.62. The van der Waals surface area contributed by atoms with E-state index in [-0.39, 0.29) is 11.3 Å². The van der Waals surface area contributed by atoms with E-state index in [1.54, 1.807) is 24.3 Å². The average molecular weight is 303 g/mol. The lowest BCUT2D eigenvalue weighted by atomic mass is 10.0. The van der Waals surface area contributed by atoms with Crippen LogP contribution in [0.15, 0.2) is 36.4 Å². The van der Waals surface area contributed by atoms with E-state index in [0.717, 1.165) is 0 Å². The summed E-state index contributed by atoms with van der Waals surface area (Å²) in [6.45, 7) is 0. The molecular weight excluding hydrogens is 293 g/mol. The molecule has 0 saturated carbocycles. The summed E-state index contributed by atoms with van der Waals surface area (Å²) in [7, 11) is 1.35. The molecule has 0 bridgehead atoms. The minimum absolute atomic E-state index is 0.113. The highest BCUT2D eigenvalue weighted by molar-refractivity contribution is 6.43. The zero-order chi connectivity index (χ0) is 14.0. The van der Waals surface area contributed by atoms with E-state index in [0.29, 0.717) is 21.2 Å². The van der Waals surface area contributed by atoms with Crippen molar-refractivity contribution < 1.29 is 13.5 Å². The van der Waals surface area contributed by atoms with Crippen LogP contribution in [0.25, 0.3) is 11.1 Å². The lowest BCUT2D eigenvalue weighted by molar-refractivity contribution is 0.147. The first-order chi connectivity index (χ1) is 9.06. The monoisotopic (exact) mass is 302 g/mol. The number of para-hydroxylation sites is 1. The van der Waals surface area contributed by atoms with Gasteiger partial charge in [-0.05, 0) is 12.1 Å². The number of methoxy groups -OCH3 is 1. The molecule has 0 radical (unpaired) electrons. The van der Waals surface area contributed by atoms with Gasteiger partial charge in [-0.15, -0.1) is 0 Å². The highest BCUT2D eigenvalue weighted by Gasteiger charge is 2.19. The molecule has 0 saturated heterocycles. The van der Waals surface area contributed by atoms with Crippen molar-refractivity contribution in [3.63, 3.8) is 0 Å². The number of ether oxygens (including phenoxy) is 1. The topological polar surface area (TPSA) is 9.23 Å². The van der Waals surface area contributed by atoms with Crippen LogP contribution in [0, 0.1) is 0 Å². The fourth-order valence-corrected chi connectivity index (χ4v) is 2.28. The first-order valence-corrected chi connectivity index (χ1v) is 6.21. The fraction of sp³-hybridized carbons (Fsp3) is 0.143. The van der Waals surface area contributed by atoms with Gasteiger partial charge in [0.1, 0.15) is 5.75 Å². The van der Waals surface area contributed by atoms with Gasteiger partial charge in [-0.2, -0.15) is 0 Å². The summed E-state index contributed by atoms with van der Waals surface area (Å²) in [4.78, 5) is 0. The second kappa shape index (κ2) is 5.76. The SMILES string of the molecule is COc1c(-c2cccc(Cl)c2Cl)cccc1C(F)F. The maximum absolute atomic E-state index is 13.0. The maximum atomic E-state index is 13.0. The van der Waals surface area contributed by atoms with Gasteiger partial charge in [0.25, 0.3) is 6.43 Å². The lowest BCUT2D eigenvalue weighted by Gasteiger charge is -2.14. The summed E-state index contributed by atoms with van der Waals surface area (Å²) >= 11 is 12.1. The van der Waals surface area contributed by atoms with Crippen molar-refractivity contribution in [2.45, 2.75) is 6.43 Å². The van der Waals surface area contributed by atoms with E-state index in [9.17, 15) is 8.78 Å². The predicted octanol–water partition coefficient (Wildman–Crippen LogP) is 5.61. The van der Waals surface area contributed by atoms with Crippen LogP contribution in [-0.2, 0) is 0 Å². The number of benzene rings is 2. The molecule has 0 aromatic heterocycles. The third-order valence-corrected chi connectivity index (χ3v) is 3.55. The third kappa shape index (κ3) is 2.67. The summed E-state index contributed by atoms with van der Waals surface area (Å²) in [6.07, 6.45) is -2.62. The standard InChI is InChI=1S/C14H10Cl2F2O/c1-19-13-9(5-2-6-10(13)14(17)18)8-4-3-7-11(15)12(8)16/h2-7,14H,1H3. The Balaban J connectivity index is 2.69. The Morgan fingerprint density at radius 3 is 2.26 bits per heavy atom. The van der Waals surface area contributed by atoms with Gasteiger partial charge >= 0.3 is 0 Å². The molecule has 5 heteroatoms. The van der Waals surface area contributed by atoms with Gasteiger partial charge in [0.15, 0.2) is 0 Å². The van der Waals surface area contributed by atoms with Gasteiger partial charge < -0.3 is 4.74 Å². The van der Waals surface area contributed by atoms with Crippen molar-refractivity contribution in [2.24, 2.45) is 0 Å². The molecule has 0 aliphatic rings. The van der Waals surface area contributed by atoms with Crippen molar-refractivity contribution >= 4 is 23.2 Å². The first-order valence-electron chi connectivity index (χ1n) is 5.45. The second-order valence-corrected chi connectivity index (χ2v) is 4.62. The van der Waals surface area contributed by atoms with Gasteiger partial charge in [-0.25, -0.2) is 8.78 Å². The summed E-state index contributed by atoms with van der Waals surface area (Å²) in [6, 6.07) is 9.58. The zero-order valence-corrected chi connectivity index (χ0v) is 11.5. The van der Waals surface area contributed by atoms with Crippen LogP contribution in [0.5, 0.6) is 5.75 Å². The summed E-state index contributed by atoms with van der Waals surface area (Å²) in [5.41, 5.74) is 0.886. The molecule has 0 N–H and O–H groups in total. The normalized spacial score (nSPS) is 10.8. The summed E-state index contributed by atoms with van der Waals surface area (Å²) < 4.78 is 31.0. The van der Waals surface area contributed by atoms with Crippen LogP contribution < -0.4 is 4.74 Å². The van der Waals surface area contributed by atoms with Gasteiger partial charge in [-0.1, -0.05) is 47.5 Å². The highest BCUT2D eigenvalue weighted by atomic mass is 35.5. The van der Waals surface area contributed by atoms with Crippen LogP contribution in [-0.4, -0.2) is 7.11 Å². The third-order valence-electron chi connectivity index (χ3n) is 2.73. The van der Waals surface area contributed by atoms with Crippen molar-refractivity contribution in [1.82, 2.24) is 0 Å². The number of hydrogen-bond donors (Lipinski definition) is 0. The van der Waals surface area contributed by atoms with Crippen LogP contribution in [0.4, 0.5) is 8.78 Å². The zero-order valence-electron chi connectivity index (χ0n) is 9.96. The molecule has 0 spiro atoms. The van der Waals surface area contributed by atoms with Gasteiger partial charge in [0.05, 0.1) is 22.7 Å². The van der Waals surface area contributed by atoms with Crippen molar-refractivity contribution in [1.29, 1.82) is 0 Å². The van der Waals surface area contributed by atoms with Gasteiger partial charge in [0.2, 0.25) is 0 Å². The Hall–Kier alpha value is -1.32. The van der Waals surface area contributed by atoms with Crippen LogP contribution in [0.1, 0.15) is 12.0 Å². The lowest BCUT2D eigenvalue weighted by Crippen LogP contribution is -1.95. The van der Waals surface area contributed by atoms with Crippen LogP contribution in [0.3, 0.4) is 0 Å². The number of halogens is 4. The fourth-order valence-electron chi connectivity index (χ4n) is 1.88. The molecule has 2 rings (SSSR count). The molecule has 0 aliphatic carbocycles. The van der Waals surface area contributed by atoms with E-state index < -0.39 is 6.43 Å². The average Bonchev–Trinajstić information content (AvgIpc) is 2.41. The molecule has 0 heterocycles. The largest absolute Gasteiger partial charge is 0.496 e. The van der Waals surface area contributed by atoms with Crippen molar-refractivity contribution in [3.05, 3.63) is 52.0 Å². The van der Waals surface area contributed by atoms with Gasteiger partial charge in [-0.3, -0.25) is 0 Å². The predicted molar refractivity (Wildman–Crippen MR) is 73.4 cm³/mol. The second-order valence-electron chi connectivity index (χ2n) is 3.83. The quantitative estimate of drug-likeness (QED) is 0.716. The van der Waals surface area contributed by atoms with Crippen LogP contribution in [0.2, 0.25) is 10.0 Å². The molecule has 0 fully saturated rings. The molecule has 0 atom stereocenters. The van der Waals surface area contributed by atoms with E-state index in [2.05, 4.69) is 0 Å². The molecule has 100 valence electrons. The Morgan fingerprint density at radius 1 is 1.00 bits per heavy atom. The maximum Gasteiger partial charge on any atom is 0.267 e. The number of rotatable bonds is 3. The molecule has 2 aromatic carbocycles. The van der Waals surface area contributed by atoms with Crippen molar-refractivity contribution in [3.8, 4) is 16.9 Å². The van der Waals surface area contributed by atoms with Crippen molar-refractivity contribution in [2.75, 3.05) is 7.11 Å².